The Balaban J connectivity index is 1.78. The predicted octanol–water partition coefficient (Wildman–Crippen LogP) is 2.04. The topological polar surface area (TPSA) is 68.0 Å². The average molecular weight is 268 g/mol. The van der Waals surface area contributed by atoms with Crippen LogP contribution in [-0.4, -0.2) is 31.6 Å². The summed E-state index contributed by atoms with van der Waals surface area (Å²) in [6, 6.07) is 12.4. The van der Waals surface area contributed by atoms with Gasteiger partial charge in [-0.3, -0.25) is 0 Å². The summed E-state index contributed by atoms with van der Waals surface area (Å²) in [6.07, 6.45) is 0. The summed E-state index contributed by atoms with van der Waals surface area (Å²) in [4.78, 5) is 4.27. The van der Waals surface area contributed by atoms with Gasteiger partial charge in [0.25, 0.3) is 5.78 Å². The molecule has 1 N–H and O–H groups in total. The molecule has 1 aromatic carbocycles. The zero-order valence-corrected chi connectivity index (χ0v) is 11.5. The first-order valence-electron chi connectivity index (χ1n) is 6.58. The quantitative estimate of drug-likeness (QED) is 0.784. The van der Waals surface area contributed by atoms with Gasteiger partial charge in [-0.2, -0.15) is 4.52 Å². The lowest BCUT2D eigenvalue weighted by atomic mass is 10.0. The molecule has 0 saturated heterocycles. The largest absolute Gasteiger partial charge is 0.369 e. The van der Waals surface area contributed by atoms with Gasteiger partial charge in [0.2, 0.25) is 0 Å². The Labute approximate surface area is 116 Å². The van der Waals surface area contributed by atoms with Gasteiger partial charge >= 0.3 is 0 Å². The van der Waals surface area contributed by atoms with Crippen LogP contribution in [0, 0.1) is 6.92 Å². The van der Waals surface area contributed by atoms with Crippen molar-refractivity contribution in [2.24, 2.45) is 0 Å². The lowest BCUT2D eigenvalue weighted by Gasteiger charge is -2.14. The highest BCUT2D eigenvalue weighted by atomic mass is 15.5. The van der Waals surface area contributed by atoms with Crippen molar-refractivity contribution in [1.29, 1.82) is 0 Å². The number of tetrazole rings is 1. The van der Waals surface area contributed by atoms with Crippen molar-refractivity contribution in [3.05, 3.63) is 47.7 Å². The van der Waals surface area contributed by atoms with E-state index in [1.54, 1.807) is 4.52 Å². The number of aromatic nitrogens is 5. The van der Waals surface area contributed by atoms with Gasteiger partial charge in [-0.1, -0.05) is 42.4 Å². The predicted molar refractivity (Wildman–Crippen MR) is 76.7 cm³/mol. The second-order valence-electron chi connectivity index (χ2n) is 4.87. The highest BCUT2D eigenvalue weighted by Gasteiger charge is 2.09. The zero-order valence-electron chi connectivity index (χ0n) is 11.5. The van der Waals surface area contributed by atoms with Gasteiger partial charge < -0.3 is 5.32 Å². The standard InChI is InChI=1S/C14H16N6/c1-10(12-6-4-3-5-7-12)9-15-13-8-11(2)16-14-17-18-19-20(13)14/h3-8,10,15H,9H2,1-2H3. The molecule has 1 atom stereocenters. The Morgan fingerprint density at radius 2 is 2.05 bits per heavy atom. The summed E-state index contributed by atoms with van der Waals surface area (Å²) >= 11 is 0. The number of benzene rings is 1. The average Bonchev–Trinajstić information content (AvgIpc) is 2.93. The van der Waals surface area contributed by atoms with Crippen molar-refractivity contribution in [1.82, 2.24) is 25.0 Å². The molecule has 0 bridgehead atoms. The van der Waals surface area contributed by atoms with E-state index in [1.807, 2.05) is 19.1 Å². The number of aryl methyl sites for hydroxylation is 1. The van der Waals surface area contributed by atoms with E-state index in [4.69, 9.17) is 0 Å². The summed E-state index contributed by atoms with van der Waals surface area (Å²) in [6.45, 7) is 4.93. The van der Waals surface area contributed by atoms with Gasteiger partial charge in [0, 0.05) is 18.3 Å². The Morgan fingerprint density at radius 3 is 2.85 bits per heavy atom. The lowest BCUT2D eigenvalue weighted by Crippen LogP contribution is -2.13. The van der Waals surface area contributed by atoms with E-state index in [0.29, 0.717) is 11.7 Å². The summed E-state index contributed by atoms with van der Waals surface area (Å²) in [5.74, 6) is 1.77. The lowest BCUT2D eigenvalue weighted by molar-refractivity contribution is 0.778. The van der Waals surface area contributed by atoms with Crippen LogP contribution in [0.25, 0.3) is 5.78 Å². The maximum atomic E-state index is 4.27. The number of anilines is 1. The highest BCUT2D eigenvalue weighted by Crippen LogP contribution is 2.16. The maximum Gasteiger partial charge on any atom is 0.275 e. The Bertz CT molecular complexity index is 706. The van der Waals surface area contributed by atoms with Gasteiger partial charge in [0.05, 0.1) is 0 Å². The van der Waals surface area contributed by atoms with E-state index >= 15 is 0 Å². The minimum atomic E-state index is 0.399. The fourth-order valence-electron chi connectivity index (χ4n) is 2.14. The third kappa shape index (κ3) is 2.45. The molecule has 6 nitrogen and oxygen atoms in total. The number of nitrogens with one attached hydrogen (secondary N) is 1. The first kappa shape index (κ1) is 12.5. The first-order valence-corrected chi connectivity index (χ1v) is 6.58. The van der Waals surface area contributed by atoms with E-state index in [-0.39, 0.29) is 0 Å². The molecule has 0 fully saturated rings. The van der Waals surface area contributed by atoms with E-state index in [2.05, 4.69) is 57.0 Å². The van der Waals surface area contributed by atoms with Crippen molar-refractivity contribution in [3.8, 4) is 0 Å². The van der Waals surface area contributed by atoms with E-state index in [1.165, 1.54) is 5.56 Å². The van der Waals surface area contributed by atoms with Crippen LogP contribution in [0.15, 0.2) is 36.4 Å². The maximum absolute atomic E-state index is 4.27. The van der Waals surface area contributed by atoms with Crippen molar-refractivity contribution in [2.75, 3.05) is 11.9 Å². The fourth-order valence-corrected chi connectivity index (χ4v) is 2.14. The van der Waals surface area contributed by atoms with Crippen LogP contribution in [0.4, 0.5) is 5.82 Å². The van der Waals surface area contributed by atoms with Crippen molar-refractivity contribution in [2.45, 2.75) is 19.8 Å². The van der Waals surface area contributed by atoms with Crippen LogP contribution in [0.2, 0.25) is 0 Å². The number of nitrogens with zero attached hydrogens (tertiary/aromatic N) is 5. The molecule has 0 radical (unpaired) electrons. The molecule has 2 heterocycles. The molecule has 20 heavy (non-hydrogen) atoms. The monoisotopic (exact) mass is 268 g/mol. The second kappa shape index (κ2) is 5.24. The fraction of sp³-hybridized carbons (Fsp3) is 0.286. The molecule has 102 valence electrons. The molecule has 3 rings (SSSR count). The number of hydrogen-bond donors (Lipinski definition) is 1. The third-order valence-corrected chi connectivity index (χ3v) is 3.26. The normalized spacial score (nSPS) is 12.5. The van der Waals surface area contributed by atoms with Crippen LogP contribution >= 0.6 is 0 Å². The molecule has 0 aliphatic rings. The highest BCUT2D eigenvalue weighted by molar-refractivity contribution is 5.44. The molecular weight excluding hydrogens is 252 g/mol. The van der Waals surface area contributed by atoms with Crippen LogP contribution in [-0.2, 0) is 0 Å². The van der Waals surface area contributed by atoms with Gasteiger partial charge in [-0.15, -0.1) is 0 Å². The molecule has 0 spiro atoms. The minimum absolute atomic E-state index is 0.399. The van der Waals surface area contributed by atoms with E-state index in [9.17, 15) is 0 Å². The third-order valence-electron chi connectivity index (χ3n) is 3.26. The molecule has 1 unspecified atom stereocenters. The Morgan fingerprint density at radius 1 is 1.25 bits per heavy atom. The summed E-state index contributed by atoms with van der Waals surface area (Å²) in [7, 11) is 0. The first-order chi connectivity index (χ1) is 9.74. The Kier molecular flexibility index (Phi) is 3.28. The molecular formula is C14H16N6. The van der Waals surface area contributed by atoms with Crippen LogP contribution in [0.1, 0.15) is 24.1 Å². The smallest absolute Gasteiger partial charge is 0.275 e. The van der Waals surface area contributed by atoms with Gasteiger partial charge in [-0.05, 0) is 28.8 Å². The van der Waals surface area contributed by atoms with Crippen LogP contribution < -0.4 is 5.32 Å². The zero-order chi connectivity index (χ0) is 13.9. The molecule has 3 aromatic rings. The molecule has 0 amide bonds. The number of hydrogen-bond acceptors (Lipinski definition) is 5. The number of rotatable bonds is 4. The molecule has 6 heteroatoms. The van der Waals surface area contributed by atoms with Gasteiger partial charge in [-0.25, -0.2) is 4.98 Å². The van der Waals surface area contributed by atoms with Crippen molar-refractivity contribution < 1.29 is 0 Å². The molecule has 0 aliphatic carbocycles. The summed E-state index contributed by atoms with van der Waals surface area (Å²) in [5.41, 5.74) is 2.20. The molecule has 2 aromatic heterocycles. The SMILES string of the molecule is Cc1cc(NCC(C)c2ccccc2)n2nnnc2n1. The summed E-state index contributed by atoms with van der Waals surface area (Å²) in [5, 5.41) is 14.9. The second-order valence-corrected chi connectivity index (χ2v) is 4.87. The van der Waals surface area contributed by atoms with Crippen LogP contribution in [0.3, 0.4) is 0 Å². The minimum Gasteiger partial charge on any atom is -0.369 e. The van der Waals surface area contributed by atoms with Crippen molar-refractivity contribution in [3.63, 3.8) is 0 Å². The summed E-state index contributed by atoms with van der Waals surface area (Å²) < 4.78 is 1.62. The van der Waals surface area contributed by atoms with Crippen LogP contribution in [0.5, 0.6) is 0 Å². The van der Waals surface area contributed by atoms with Crippen molar-refractivity contribution >= 4 is 11.6 Å². The van der Waals surface area contributed by atoms with Gasteiger partial charge in [0.15, 0.2) is 0 Å². The van der Waals surface area contributed by atoms with E-state index < -0.39 is 0 Å². The molecule has 0 saturated carbocycles. The Hall–Kier alpha value is -2.50. The van der Waals surface area contributed by atoms with Gasteiger partial charge in [0.1, 0.15) is 5.82 Å². The number of fused-ring (bicyclic) bond motifs is 1. The van der Waals surface area contributed by atoms with E-state index in [0.717, 1.165) is 18.1 Å². The molecule has 0 aliphatic heterocycles.